The van der Waals surface area contributed by atoms with Crippen LogP contribution in [0.5, 0.6) is 0 Å². The molecule has 2 aromatic rings. The van der Waals surface area contributed by atoms with Gasteiger partial charge >= 0.3 is 0 Å². The van der Waals surface area contributed by atoms with Gasteiger partial charge < -0.3 is 0 Å². The summed E-state index contributed by atoms with van der Waals surface area (Å²) in [5.41, 5.74) is 3.08. The number of hydrogen-bond donors (Lipinski definition) is 1. The van der Waals surface area contributed by atoms with Crippen molar-refractivity contribution in [2.45, 2.75) is 6.92 Å². The van der Waals surface area contributed by atoms with Crippen LogP contribution < -0.4 is 5.30 Å². The fraction of sp³-hybridized carbons (Fsp3) is 0.100. The van der Waals surface area contributed by atoms with E-state index in [1.54, 1.807) is 6.20 Å². The number of aromatic nitrogens is 2. The lowest BCUT2D eigenvalue weighted by atomic mass is 10.1. The van der Waals surface area contributed by atoms with E-state index in [1.165, 1.54) is 0 Å². The van der Waals surface area contributed by atoms with Crippen LogP contribution in [-0.4, -0.2) is 10.2 Å². The predicted octanol–water partition coefficient (Wildman–Crippen LogP) is 2.54. The summed E-state index contributed by atoms with van der Waals surface area (Å²) in [6, 6.07) is 5.87. The smallest absolute Gasteiger partial charge is 0.0694 e. The molecule has 0 saturated heterocycles. The van der Waals surface area contributed by atoms with Crippen molar-refractivity contribution in [3.63, 3.8) is 0 Å². The summed E-state index contributed by atoms with van der Waals surface area (Å²) in [5.74, 6) is 0. The van der Waals surface area contributed by atoms with Gasteiger partial charge in [0, 0.05) is 10.6 Å². The number of nitrogens with zero attached hydrogens (tertiary/aromatic N) is 1. The number of nitrogens with one attached hydrogen (secondary N) is 1. The molecule has 1 atom stereocenters. The minimum absolute atomic E-state index is 0.739. The van der Waals surface area contributed by atoms with E-state index >= 15 is 0 Å². The summed E-state index contributed by atoms with van der Waals surface area (Å²) in [4.78, 5) is 0. The van der Waals surface area contributed by atoms with Gasteiger partial charge in [0.25, 0.3) is 0 Å². The summed E-state index contributed by atoms with van der Waals surface area (Å²) in [6.07, 6.45) is 1.79. The van der Waals surface area contributed by atoms with Crippen LogP contribution in [0.4, 0.5) is 0 Å². The predicted molar refractivity (Wildman–Crippen MR) is 63.1 cm³/mol. The standard InChI is InChI=1S/C10H10ClN2P/c1-6-5-12-13-10(6)8-4-7(14)2-3-9(8)11/h2-5H,14H2,1H3,(H,12,13). The highest BCUT2D eigenvalue weighted by molar-refractivity contribution is 7.27. The van der Waals surface area contributed by atoms with E-state index in [1.807, 2.05) is 25.1 Å². The molecule has 0 saturated carbocycles. The number of halogens is 1. The van der Waals surface area contributed by atoms with Crippen LogP contribution in [0.25, 0.3) is 11.3 Å². The zero-order chi connectivity index (χ0) is 10.1. The lowest BCUT2D eigenvalue weighted by Gasteiger charge is -2.03. The summed E-state index contributed by atoms with van der Waals surface area (Å²) in [5, 5.41) is 8.77. The van der Waals surface area contributed by atoms with E-state index in [4.69, 9.17) is 11.6 Å². The maximum Gasteiger partial charge on any atom is 0.0694 e. The Balaban J connectivity index is 2.62. The monoisotopic (exact) mass is 224 g/mol. The molecule has 0 aliphatic rings. The van der Waals surface area contributed by atoms with Crippen LogP contribution >= 0.6 is 20.8 Å². The Morgan fingerprint density at radius 3 is 2.86 bits per heavy atom. The average Bonchev–Trinajstić information content (AvgIpc) is 2.56. The lowest BCUT2D eigenvalue weighted by Crippen LogP contribution is -1.92. The maximum absolute atomic E-state index is 6.10. The molecule has 1 heterocycles. The number of rotatable bonds is 1. The largest absolute Gasteiger partial charge is 0.278 e. The van der Waals surface area contributed by atoms with Crippen molar-refractivity contribution in [3.8, 4) is 11.3 Å². The molecular weight excluding hydrogens is 215 g/mol. The third kappa shape index (κ3) is 1.68. The highest BCUT2D eigenvalue weighted by Crippen LogP contribution is 2.27. The molecule has 14 heavy (non-hydrogen) atoms. The highest BCUT2D eigenvalue weighted by atomic mass is 35.5. The highest BCUT2D eigenvalue weighted by Gasteiger charge is 2.07. The van der Waals surface area contributed by atoms with Crippen LogP contribution in [0.15, 0.2) is 24.4 Å². The summed E-state index contributed by atoms with van der Waals surface area (Å²) in [6.45, 7) is 2.00. The van der Waals surface area contributed by atoms with Crippen molar-refractivity contribution in [2.24, 2.45) is 0 Å². The fourth-order valence-electron chi connectivity index (χ4n) is 1.35. The van der Waals surface area contributed by atoms with Crippen LogP contribution in [0.2, 0.25) is 5.02 Å². The zero-order valence-corrected chi connectivity index (χ0v) is 9.62. The molecule has 0 bridgehead atoms. The van der Waals surface area contributed by atoms with Crippen molar-refractivity contribution in [1.82, 2.24) is 10.2 Å². The summed E-state index contributed by atoms with van der Waals surface area (Å²) >= 11 is 6.10. The first-order valence-corrected chi connectivity index (χ1v) is 5.19. The van der Waals surface area contributed by atoms with Crippen molar-refractivity contribution in [2.75, 3.05) is 0 Å². The van der Waals surface area contributed by atoms with Gasteiger partial charge in [-0.15, -0.1) is 9.24 Å². The molecule has 0 amide bonds. The molecular formula is C10H10ClN2P. The molecule has 72 valence electrons. The fourth-order valence-corrected chi connectivity index (χ4v) is 1.83. The van der Waals surface area contributed by atoms with E-state index in [0.29, 0.717) is 0 Å². The minimum atomic E-state index is 0.739. The topological polar surface area (TPSA) is 28.7 Å². The van der Waals surface area contributed by atoms with Gasteiger partial charge in [0.2, 0.25) is 0 Å². The van der Waals surface area contributed by atoms with Crippen molar-refractivity contribution >= 4 is 26.1 Å². The van der Waals surface area contributed by atoms with Crippen LogP contribution in [0.3, 0.4) is 0 Å². The Labute approximate surface area is 89.9 Å². The normalized spacial score (nSPS) is 10.5. The second-order valence-electron chi connectivity index (χ2n) is 3.17. The van der Waals surface area contributed by atoms with Gasteiger partial charge in [0.15, 0.2) is 0 Å². The van der Waals surface area contributed by atoms with Gasteiger partial charge in [0.05, 0.1) is 11.9 Å². The molecule has 2 rings (SSSR count). The van der Waals surface area contributed by atoms with E-state index in [2.05, 4.69) is 19.4 Å². The molecule has 0 radical (unpaired) electrons. The Hall–Kier alpha value is -0.850. The van der Waals surface area contributed by atoms with Gasteiger partial charge in [-0.2, -0.15) is 5.10 Å². The Morgan fingerprint density at radius 1 is 1.43 bits per heavy atom. The van der Waals surface area contributed by atoms with Crippen LogP contribution in [0.1, 0.15) is 5.56 Å². The first-order valence-electron chi connectivity index (χ1n) is 4.24. The maximum atomic E-state index is 6.10. The Kier molecular flexibility index (Phi) is 2.58. The second-order valence-corrected chi connectivity index (χ2v) is 4.24. The molecule has 1 N–H and O–H groups in total. The van der Waals surface area contributed by atoms with Gasteiger partial charge in [0.1, 0.15) is 0 Å². The molecule has 0 aliphatic carbocycles. The molecule has 4 heteroatoms. The third-order valence-electron chi connectivity index (χ3n) is 2.09. The van der Waals surface area contributed by atoms with Gasteiger partial charge in [-0.3, -0.25) is 5.10 Å². The van der Waals surface area contributed by atoms with Gasteiger partial charge in [-0.05, 0) is 29.9 Å². The number of benzene rings is 1. The second kappa shape index (κ2) is 3.72. The molecule has 0 fully saturated rings. The Morgan fingerprint density at radius 2 is 2.21 bits per heavy atom. The van der Waals surface area contributed by atoms with Crippen molar-refractivity contribution < 1.29 is 0 Å². The number of H-pyrrole nitrogens is 1. The number of aryl methyl sites for hydroxylation is 1. The summed E-state index contributed by atoms with van der Waals surface area (Å²) in [7, 11) is 2.65. The van der Waals surface area contributed by atoms with Crippen LogP contribution in [-0.2, 0) is 0 Å². The van der Waals surface area contributed by atoms with E-state index < -0.39 is 0 Å². The van der Waals surface area contributed by atoms with Crippen molar-refractivity contribution in [1.29, 1.82) is 0 Å². The summed E-state index contributed by atoms with van der Waals surface area (Å²) < 4.78 is 0. The third-order valence-corrected chi connectivity index (χ3v) is 2.78. The number of aromatic amines is 1. The Bertz CT molecular complexity index is 465. The quantitative estimate of drug-likeness (QED) is 0.741. The zero-order valence-electron chi connectivity index (χ0n) is 7.71. The molecule has 1 aromatic heterocycles. The first-order chi connectivity index (χ1) is 6.68. The van der Waals surface area contributed by atoms with Crippen molar-refractivity contribution in [3.05, 3.63) is 35.0 Å². The average molecular weight is 225 g/mol. The van der Waals surface area contributed by atoms with E-state index in [-0.39, 0.29) is 0 Å². The minimum Gasteiger partial charge on any atom is -0.278 e. The first kappa shape index (κ1) is 9.70. The molecule has 2 nitrogen and oxygen atoms in total. The van der Waals surface area contributed by atoms with Gasteiger partial charge in [-0.1, -0.05) is 17.7 Å². The van der Waals surface area contributed by atoms with E-state index in [0.717, 1.165) is 27.1 Å². The molecule has 0 spiro atoms. The molecule has 1 aromatic carbocycles. The molecule has 0 aliphatic heterocycles. The SMILES string of the molecule is Cc1cn[nH]c1-c1cc(P)ccc1Cl. The van der Waals surface area contributed by atoms with E-state index in [9.17, 15) is 0 Å². The number of hydrogen-bond acceptors (Lipinski definition) is 1. The lowest BCUT2D eigenvalue weighted by molar-refractivity contribution is 1.10. The molecule has 1 unspecified atom stereocenters. The van der Waals surface area contributed by atoms with Crippen LogP contribution in [0, 0.1) is 6.92 Å². The van der Waals surface area contributed by atoms with Gasteiger partial charge in [-0.25, -0.2) is 0 Å².